The quantitative estimate of drug-likeness (QED) is 0.394. The molecule has 6 heteroatoms. The number of nitrogens with one attached hydrogen (secondary N) is 3. The van der Waals surface area contributed by atoms with Crippen molar-refractivity contribution in [3.63, 3.8) is 0 Å². The van der Waals surface area contributed by atoms with Crippen LogP contribution in [0.4, 0.5) is 0 Å². The first-order chi connectivity index (χ1) is 13.7. The third kappa shape index (κ3) is 6.09. The number of rotatable bonds is 9. The highest BCUT2D eigenvalue weighted by Crippen LogP contribution is 2.10. The van der Waals surface area contributed by atoms with Gasteiger partial charge in [0.1, 0.15) is 5.82 Å². The highest BCUT2D eigenvalue weighted by atomic mass is 16.5. The number of ether oxygens (including phenoxy) is 1. The summed E-state index contributed by atoms with van der Waals surface area (Å²) in [7, 11) is 1.78. The molecule has 0 saturated heterocycles. The van der Waals surface area contributed by atoms with Gasteiger partial charge in [0.2, 0.25) is 0 Å². The molecule has 0 fully saturated rings. The van der Waals surface area contributed by atoms with Gasteiger partial charge in [-0.25, -0.2) is 4.98 Å². The molecule has 28 heavy (non-hydrogen) atoms. The minimum atomic E-state index is 0.387. The van der Waals surface area contributed by atoms with Crippen molar-refractivity contribution in [3.8, 4) is 0 Å². The molecule has 0 saturated carbocycles. The van der Waals surface area contributed by atoms with E-state index in [0.29, 0.717) is 19.1 Å². The lowest BCUT2D eigenvalue weighted by molar-refractivity contribution is 0.0931. The average molecular weight is 380 g/mol. The first-order valence-corrected chi connectivity index (χ1v) is 9.74. The number of aromatic nitrogens is 2. The van der Waals surface area contributed by atoms with Gasteiger partial charge in [0.25, 0.3) is 0 Å². The number of hydrogen-bond donors (Lipinski definition) is 3. The summed E-state index contributed by atoms with van der Waals surface area (Å²) in [6, 6.07) is 18.3. The number of nitrogens with zero attached hydrogens (tertiary/aromatic N) is 2. The van der Waals surface area contributed by atoms with E-state index in [1.54, 1.807) is 7.05 Å². The molecule has 0 bridgehead atoms. The molecule has 0 amide bonds. The Labute approximate surface area is 166 Å². The number of H-pyrrole nitrogens is 1. The Hall–Kier alpha value is -2.86. The summed E-state index contributed by atoms with van der Waals surface area (Å²) in [5.41, 5.74) is 3.28. The molecular weight excluding hydrogens is 350 g/mol. The first-order valence-electron chi connectivity index (χ1n) is 9.74. The van der Waals surface area contributed by atoms with Crippen LogP contribution in [0.25, 0.3) is 11.0 Å². The summed E-state index contributed by atoms with van der Waals surface area (Å²) in [6.45, 7) is 5.09. The minimum Gasteiger partial charge on any atom is -0.376 e. The molecule has 0 aliphatic carbocycles. The van der Waals surface area contributed by atoms with Gasteiger partial charge in [-0.05, 0) is 23.6 Å². The van der Waals surface area contributed by atoms with Gasteiger partial charge in [-0.2, -0.15) is 0 Å². The lowest BCUT2D eigenvalue weighted by Crippen LogP contribution is -2.40. The molecule has 3 rings (SSSR count). The van der Waals surface area contributed by atoms with Crippen molar-refractivity contribution < 1.29 is 4.74 Å². The number of guanidine groups is 1. The summed E-state index contributed by atoms with van der Waals surface area (Å²) in [5, 5.41) is 6.70. The Morgan fingerprint density at radius 1 is 1.11 bits per heavy atom. The molecular formula is C22H29N5O. The Morgan fingerprint density at radius 3 is 2.68 bits per heavy atom. The zero-order chi connectivity index (χ0) is 19.6. The Balaban J connectivity index is 1.33. The van der Waals surface area contributed by atoms with Crippen molar-refractivity contribution in [1.29, 1.82) is 0 Å². The molecule has 6 nitrogen and oxygen atoms in total. The van der Waals surface area contributed by atoms with E-state index in [0.717, 1.165) is 42.3 Å². The van der Waals surface area contributed by atoms with Crippen LogP contribution in [0.15, 0.2) is 59.6 Å². The fourth-order valence-corrected chi connectivity index (χ4v) is 2.93. The Bertz CT molecular complexity index is 842. The van der Waals surface area contributed by atoms with E-state index in [1.807, 2.05) is 42.5 Å². The molecule has 1 atom stereocenters. The first kappa shape index (κ1) is 19.9. The zero-order valence-corrected chi connectivity index (χ0v) is 16.6. The van der Waals surface area contributed by atoms with E-state index in [2.05, 4.69) is 44.7 Å². The maximum atomic E-state index is 5.80. The van der Waals surface area contributed by atoms with Crippen LogP contribution in [-0.4, -0.2) is 42.7 Å². The van der Waals surface area contributed by atoms with E-state index in [4.69, 9.17) is 4.74 Å². The second-order valence-corrected chi connectivity index (χ2v) is 6.94. The van der Waals surface area contributed by atoms with Crippen molar-refractivity contribution in [2.75, 3.05) is 26.7 Å². The molecule has 1 aromatic heterocycles. The maximum Gasteiger partial charge on any atom is 0.191 e. The molecule has 148 valence electrons. The number of aliphatic imine (C=N–C) groups is 1. The third-order valence-corrected chi connectivity index (χ3v) is 4.45. The number of hydrogen-bond acceptors (Lipinski definition) is 3. The average Bonchev–Trinajstić information content (AvgIpc) is 3.14. The third-order valence-electron chi connectivity index (χ3n) is 4.45. The fourth-order valence-electron chi connectivity index (χ4n) is 2.93. The van der Waals surface area contributed by atoms with Crippen LogP contribution in [0.2, 0.25) is 0 Å². The van der Waals surface area contributed by atoms with Crippen LogP contribution < -0.4 is 10.6 Å². The Kier molecular flexibility index (Phi) is 7.44. The molecule has 3 N–H and O–H groups in total. The summed E-state index contributed by atoms with van der Waals surface area (Å²) in [4.78, 5) is 12.2. The molecule has 0 spiro atoms. The van der Waals surface area contributed by atoms with E-state index in [9.17, 15) is 0 Å². The Morgan fingerprint density at radius 2 is 1.89 bits per heavy atom. The standard InChI is InChI=1S/C22H29N5O/c1-17(15-28-16-18-8-4-3-5-9-18)14-25-22(23-2)24-13-12-21-26-19-10-6-7-11-20(19)27-21/h3-11,17H,12-16H2,1-2H3,(H,26,27)(H2,23,24,25). The topological polar surface area (TPSA) is 74.3 Å². The van der Waals surface area contributed by atoms with Crippen LogP contribution in [0.1, 0.15) is 18.3 Å². The fraction of sp³-hybridized carbons (Fsp3) is 0.364. The molecule has 0 aliphatic heterocycles. The summed E-state index contributed by atoms with van der Waals surface area (Å²) < 4.78 is 5.80. The van der Waals surface area contributed by atoms with Crippen molar-refractivity contribution in [2.45, 2.75) is 20.0 Å². The number of para-hydroxylation sites is 2. The highest BCUT2D eigenvalue weighted by molar-refractivity contribution is 5.79. The second kappa shape index (κ2) is 10.5. The van der Waals surface area contributed by atoms with Gasteiger partial charge in [0.05, 0.1) is 24.2 Å². The normalized spacial score (nSPS) is 12.9. The number of aromatic amines is 1. The molecule has 3 aromatic rings. The van der Waals surface area contributed by atoms with Gasteiger partial charge >= 0.3 is 0 Å². The van der Waals surface area contributed by atoms with Crippen molar-refractivity contribution in [1.82, 2.24) is 20.6 Å². The summed E-state index contributed by atoms with van der Waals surface area (Å²) in [6.07, 6.45) is 0.811. The predicted octanol–water partition coefficient (Wildman–Crippen LogP) is 3.12. The second-order valence-electron chi connectivity index (χ2n) is 6.94. The monoisotopic (exact) mass is 379 g/mol. The van der Waals surface area contributed by atoms with E-state index in [1.165, 1.54) is 5.56 Å². The van der Waals surface area contributed by atoms with Crippen molar-refractivity contribution in [3.05, 3.63) is 66.0 Å². The molecule has 2 aromatic carbocycles. The molecule has 0 aliphatic rings. The van der Waals surface area contributed by atoms with Gasteiger partial charge < -0.3 is 20.4 Å². The zero-order valence-electron chi connectivity index (χ0n) is 16.6. The van der Waals surface area contributed by atoms with Crippen molar-refractivity contribution in [2.24, 2.45) is 10.9 Å². The lowest BCUT2D eigenvalue weighted by atomic mass is 10.2. The molecule has 1 unspecified atom stereocenters. The maximum absolute atomic E-state index is 5.80. The van der Waals surface area contributed by atoms with Gasteiger partial charge in [0.15, 0.2) is 5.96 Å². The van der Waals surface area contributed by atoms with E-state index >= 15 is 0 Å². The van der Waals surface area contributed by atoms with Crippen LogP contribution in [0, 0.1) is 5.92 Å². The lowest BCUT2D eigenvalue weighted by Gasteiger charge is -2.16. The van der Waals surface area contributed by atoms with Gasteiger partial charge in [-0.1, -0.05) is 49.4 Å². The van der Waals surface area contributed by atoms with E-state index < -0.39 is 0 Å². The van der Waals surface area contributed by atoms with Gasteiger partial charge in [-0.15, -0.1) is 0 Å². The highest BCUT2D eigenvalue weighted by Gasteiger charge is 2.06. The number of benzene rings is 2. The van der Waals surface area contributed by atoms with Gasteiger partial charge in [-0.3, -0.25) is 4.99 Å². The van der Waals surface area contributed by atoms with E-state index in [-0.39, 0.29) is 0 Å². The summed E-state index contributed by atoms with van der Waals surface area (Å²) in [5.74, 6) is 2.16. The largest absolute Gasteiger partial charge is 0.376 e. The SMILES string of the molecule is CN=C(NCCc1nc2ccccc2[nH]1)NCC(C)COCc1ccccc1. The van der Waals surface area contributed by atoms with Gasteiger partial charge in [0, 0.05) is 26.6 Å². The van der Waals surface area contributed by atoms with Crippen LogP contribution in [0.5, 0.6) is 0 Å². The van der Waals surface area contributed by atoms with Crippen LogP contribution in [-0.2, 0) is 17.8 Å². The van der Waals surface area contributed by atoms with Crippen LogP contribution in [0.3, 0.4) is 0 Å². The summed E-state index contributed by atoms with van der Waals surface area (Å²) >= 11 is 0. The number of fused-ring (bicyclic) bond motifs is 1. The molecule has 1 heterocycles. The molecule has 0 radical (unpaired) electrons. The minimum absolute atomic E-state index is 0.387. The van der Waals surface area contributed by atoms with Crippen LogP contribution >= 0.6 is 0 Å². The number of imidazole rings is 1. The van der Waals surface area contributed by atoms with Crippen molar-refractivity contribution >= 4 is 17.0 Å². The smallest absolute Gasteiger partial charge is 0.191 e. The predicted molar refractivity (Wildman–Crippen MR) is 114 cm³/mol.